The molecule has 0 aliphatic heterocycles. The van der Waals surface area contributed by atoms with Crippen LogP contribution >= 0.6 is 0 Å². The van der Waals surface area contributed by atoms with Gasteiger partial charge in [-0.1, -0.05) is 36.8 Å². The van der Waals surface area contributed by atoms with Crippen LogP contribution in [-0.2, 0) is 26.2 Å². The van der Waals surface area contributed by atoms with Crippen molar-refractivity contribution in [2.45, 2.75) is 72.0 Å². The van der Waals surface area contributed by atoms with Crippen molar-refractivity contribution >= 4 is 27.5 Å². The molecule has 0 aliphatic carbocycles. The number of rotatable bonds is 11. The molecule has 37 heavy (non-hydrogen) atoms. The lowest BCUT2D eigenvalue weighted by atomic mass is 10.0. The van der Waals surface area contributed by atoms with Gasteiger partial charge in [0.05, 0.1) is 11.9 Å². The molecule has 2 rings (SSSR count). The molecule has 0 saturated carbocycles. The first-order valence-corrected chi connectivity index (χ1v) is 14.1. The van der Waals surface area contributed by atoms with Crippen molar-refractivity contribution in [3.8, 4) is 0 Å². The Balaban J connectivity index is 2.26. The van der Waals surface area contributed by atoms with Gasteiger partial charge < -0.3 is 10.2 Å². The van der Waals surface area contributed by atoms with E-state index in [1.54, 1.807) is 0 Å². The highest BCUT2D eigenvalue weighted by Gasteiger charge is 2.30. The van der Waals surface area contributed by atoms with Crippen LogP contribution in [0.1, 0.15) is 58.1 Å². The fourth-order valence-corrected chi connectivity index (χ4v) is 4.98. The number of anilines is 1. The lowest BCUT2D eigenvalue weighted by Gasteiger charge is -2.33. The third-order valence-electron chi connectivity index (χ3n) is 5.66. The van der Waals surface area contributed by atoms with E-state index in [0.29, 0.717) is 6.42 Å². The van der Waals surface area contributed by atoms with Gasteiger partial charge in [-0.3, -0.25) is 13.9 Å². The third-order valence-corrected chi connectivity index (χ3v) is 6.86. The molecule has 10 heteroatoms. The number of halogens is 2. The van der Waals surface area contributed by atoms with Crippen molar-refractivity contribution in [2.24, 2.45) is 0 Å². The van der Waals surface area contributed by atoms with Gasteiger partial charge in [0.15, 0.2) is 11.6 Å². The minimum absolute atomic E-state index is 0.0264. The third kappa shape index (κ3) is 9.10. The number of amides is 2. The molecule has 0 spiro atoms. The number of hydrogen-bond acceptors (Lipinski definition) is 4. The first-order valence-electron chi connectivity index (χ1n) is 12.2. The first kappa shape index (κ1) is 30.2. The molecule has 1 atom stereocenters. The van der Waals surface area contributed by atoms with Crippen molar-refractivity contribution in [3.63, 3.8) is 0 Å². The fourth-order valence-electron chi connectivity index (χ4n) is 4.02. The van der Waals surface area contributed by atoms with Crippen molar-refractivity contribution in [2.75, 3.05) is 17.1 Å². The van der Waals surface area contributed by atoms with Crippen LogP contribution in [0.4, 0.5) is 14.5 Å². The minimum atomic E-state index is -3.82. The largest absolute Gasteiger partial charge is 0.350 e. The van der Waals surface area contributed by atoms with Gasteiger partial charge in [-0.25, -0.2) is 17.2 Å². The van der Waals surface area contributed by atoms with E-state index in [0.717, 1.165) is 33.8 Å². The van der Waals surface area contributed by atoms with Gasteiger partial charge in [0.1, 0.15) is 6.04 Å². The second kappa shape index (κ2) is 12.5. The summed E-state index contributed by atoms with van der Waals surface area (Å²) in [5.41, 5.74) is 1.38. The van der Waals surface area contributed by atoms with Crippen molar-refractivity contribution in [1.82, 2.24) is 10.2 Å². The second-order valence-electron chi connectivity index (χ2n) is 10.2. The second-order valence-corrected chi connectivity index (χ2v) is 12.1. The maximum absolute atomic E-state index is 13.7. The molecule has 1 N–H and O–H groups in total. The van der Waals surface area contributed by atoms with Crippen LogP contribution in [0.2, 0.25) is 0 Å². The Kier molecular flexibility index (Phi) is 10.2. The molecule has 7 nitrogen and oxygen atoms in total. The average molecular weight is 538 g/mol. The summed E-state index contributed by atoms with van der Waals surface area (Å²) in [5.74, 6) is -2.83. The fraction of sp³-hybridized carbons (Fsp3) is 0.481. The highest BCUT2D eigenvalue weighted by atomic mass is 32.2. The molecule has 2 amide bonds. The van der Waals surface area contributed by atoms with E-state index in [-0.39, 0.29) is 43.4 Å². The summed E-state index contributed by atoms with van der Waals surface area (Å²) in [5, 5.41) is 2.94. The Labute approximate surface area is 218 Å². The number of sulfonamides is 1. The zero-order valence-corrected chi connectivity index (χ0v) is 23.2. The predicted molar refractivity (Wildman–Crippen MR) is 141 cm³/mol. The smallest absolute Gasteiger partial charge is 0.243 e. The molecule has 2 aromatic carbocycles. The number of aryl methyl sites for hydroxylation is 1. The van der Waals surface area contributed by atoms with E-state index in [9.17, 15) is 26.8 Å². The van der Waals surface area contributed by atoms with E-state index in [1.807, 2.05) is 58.9 Å². The molecular weight excluding hydrogens is 500 g/mol. The van der Waals surface area contributed by atoms with E-state index in [2.05, 4.69) is 5.32 Å². The number of hydrogen-bond donors (Lipinski definition) is 1. The Morgan fingerprint density at radius 1 is 1.05 bits per heavy atom. The van der Waals surface area contributed by atoms with Gasteiger partial charge in [0, 0.05) is 31.1 Å². The van der Waals surface area contributed by atoms with E-state index < -0.39 is 33.2 Å². The standard InChI is InChI=1S/C27H37F2N3O4S/c1-7-24(26(34)30-27(3,4)5)31(18-20-11-8-10-19(2)16-20)25(33)12-9-15-32(37(6,35)36)21-13-14-22(28)23(29)17-21/h8,10-11,13-14,16-17,24H,7,9,12,15,18H2,1-6H3,(H,30,34)/t24-/m1/s1. The van der Waals surface area contributed by atoms with E-state index in [1.165, 1.54) is 11.0 Å². The van der Waals surface area contributed by atoms with Gasteiger partial charge in [-0.2, -0.15) is 0 Å². The monoisotopic (exact) mass is 537 g/mol. The van der Waals surface area contributed by atoms with Crippen LogP contribution in [-0.4, -0.2) is 49.5 Å². The van der Waals surface area contributed by atoms with Crippen LogP contribution in [0.3, 0.4) is 0 Å². The molecule has 0 bridgehead atoms. The number of carbonyl (C=O) groups is 2. The number of nitrogens with one attached hydrogen (secondary N) is 1. The normalized spacial score (nSPS) is 12.6. The summed E-state index contributed by atoms with van der Waals surface area (Å²) in [6.45, 7) is 9.47. The van der Waals surface area contributed by atoms with Crippen molar-refractivity contribution < 1.29 is 26.8 Å². The maximum Gasteiger partial charge on any atom is 0.243 e. The minimum Gasteiger partial charge on any atom is -0.350 e. The zero-order chi connectivity index (χ0) is 28.0. The van der Waals surface area contributed by atoms with Crippen LogP contribution in [0, 0.1) is 18.6 Å². The summed E-state index contributed by atoms with van der Waals surface area (Å²) in [6.07, 6.45) is 1.43. The summed E-state index contributed by atoms with van der Waals surface area (Å²) in [6, 6.07) is 9.79. The van der Waals surface area contributed by atoms with Crippen LogP contribution in [0.25, 0.3) is 0 Å². The molecular formula is C27H37F2N3O4S. The Morgan fingerprint density at radius 2 is 1.73 bits per heavy atom. The number of carbonyl (C=O) groups excluding carboxylic acids is 2. The quantitative estimate of drug-likeness (QED) is 0.456. The Bertz CT molecular complexity index is 1210. The molecule has 2 aromatic rings. The molecule has 0 saturated heterocycles. The van der Waals surface area contributed by atoms with Crippen molar-refractivity contribution in [1.29, 1.82) is 0 Å². The number of nitrogens with zero attached hydrogens (tertiary/aromatic N) is 2. The van der Waals surface area contributed by atoms with Gasteiger partial charge in [0.25, 0.3) is 0 Å². The summed E-state index contributed by atoms with van der Waals surface area (Å²) in [7, 11) is -3.82. The number of benzene rings is 2. The molecule has 0 fully saturated rings. The highest BCUT2D eigenvalue weighted by molar-refractivity contribution is 7.92. The SMILES string of the molecule is CC[C@H](C(=O)NC(C)(C)C)N(Cc1cccc(C)c1)C(=O)CCCN(c1ccc(F)c(F)c1)S(C)(=O)=O. The van der Waals surface area contributed by atoms with Crippen LogP contribution < -0.4 is 9.62 Å². The molecule has 204 valence electrons. The first-order chi connectivity index (χ1) is 17.1. The van der Waals surface area contributed by atoms with Gasteiger partial charge in [0.2, 0.25) is 21.8 Å². The van der Waals surface area contributed by atoms with E-state index in [4.69, 9.17) is 0 Å². The summed E-state index contributed by atoms with van der Waals surface area (Å²) >= 11 is 0. The predicted octanol–water partition coefficient (Wildman–Crippen LogP) is 4.54. The van der Waals surface area contributed by atoms with E-state index >= 15 is 0 Å². The molecule has 0 unspecified atom stereocenters. The molecule has 0 heterocycles. The maximum atomic E-state index is 13.7. The topological polar surface area (TPSA) is 86.8 Å². The van der Waals surface area contributed by atoms with Crippen LogP contribution in [0.5, 0.6) is 0 Å². The summed E-state index contributed by atoms with van der Waals surface area (Å²) < 4.78 is 52.7. The lowest BCUT2D eigenvalue weighted by Crippen LogP contribution is -2.53. The zero-order valence-electron chi connectivity index (χ0n) is 22.3. The Hall–Kier alpha value is -3.01. The average Bonchev–Trinajstić information content (AvgIpc) is 2.76. The van der Waals surface area contributed by atoms with Gasteiger partial charge >= 0.3 is 0 Å². The molecule has 0 aromatic heterocycles. The highest BCUT2D eigenvalue weighted by Crippen LogP contribution is 2.22. The van der Waals surface area contributed by atoms with Crippen LogP contribution in [0.15, 0.2) is 42.5 Å². The summed E-state index contributed by atoms with van der Waals surface area (Å²) in [4.78, 5) is 28.1. The Morgan fingerprint density at radius 3 is 2.27 bits per heavy atom. The van der Waals surface area contributed by atoms with Crippen molar-refractivity contribution in [3.05, 3.63) is 65.2 Å². The van der Waals surface area contributed by atoms with Gasteiger partial charge in [-0.15, -0.1) is 0 Å². The molecule has 0 radical (unpaired) electrons. The lowest BCUT2D eigenvalue weighted by molar-refractivity contribution is -0.142. The molecule has 0 aliphatic rings. The van der Waals surface area contributed by atoms with Gasteiger partial charge in [-0.05, 0) is 58.2 Å².